The highest BCUT2D eigenvalue weighted by molar-refractivity contribution is 5.98. The minimum Gasteiger partial charge on any atom is -0.487 e. The van der Waals surface area contributed by atoms with E-state index in [0.717, 1.165) is 6.07 Å². The number of likely N-dealkylation sites (N-methyl/N-ethyl adjacent to an activating group) is 1. The molecule has 15 heteroatoms. The SMILES string of the molecule is C[C@H]1COc2c(N3CCN(C)CC3)c(F)cc3c(=O)c(C(=O)O[C@@H]4O[C@H](OC(=O)O)[C@@H](O)[C@H](O)[C@H]4O)cn1c23. The van der Waals surface area contributed by atoms with Gasteiger partial charge in [0.15, 0.2) is 11.6 Å². The van der Waals surface area contributed by atoms with Crippen molar-refractivity contribution in [2.24, 2.45) is 0 Å². The van der Waals surface area contributed by atoms with Crippen molar-refractivity contribution in [2.75, 3.05) is 44.7 Å². The van der Waals surface area contributed by atoms with Crippen LogP contribution in [0.3, 0.4) is 0 Å². The summed E-state index contributed by atoms with van der Waals surface area (Å²) in [7, 11) is 1.97. The highest BCUT2D eigenvalue weighted by Crippen LogP contribution is 2.42. The second kappa shape index (κ2) is 10.2. The fourth-order valence-corrected chi connectivity index (χ4v) is 4.96. The van der Waals surface area contributed by atoms with Gasteiger partial charge in [0.05, 0.1) is 16.9 Å². The second-order valence-corrected chi connectivity index (χ2v) is 9.80. The molecule has 2 saturated heterocycles. The van der Waals surface area contributed by atoms with Crippen molar-refractivity contribution in [3.05, 3.63) is 33.9 Å². The number of carbonyl (C=O) groups is 2. The number of carbonyl (C=O) groups excluding carboxylic acids is 1. The highest BCUT2D eigenvalue weighted by Gasteiger charge is 2.48. The number of rotatable bonds is 4. The minimum absolute atomic E-state index is 0.131. The maximum Gasteiger partial charge on any atom is 0.508 e. The van der Waals surface area contributed by atoms with E-state index in [9.17, 15) is 29.7 Å². The van der Waals surface area contributed by atoms with Crippen LogP contribution in [0.25, 0.3) is 10.9 Å². The number of carboxylic acid groups (broad SMARTS) is 1. The molecule has 39 heavy (non-hydrogen) atoms. The van der Waals surface area contributed by atoms with Gasteiger partial charge in [0.2, 0.25) is 18.0 Å². The Kier molecular flexibility index (Phi) is 7.11. The lowest BCUT2D eigenvalue weighted by molar-refractivity contribution is -0.327. The van der Waals surface area contributed by atoms with Crippen molar-refractivity contribution in [3.8, 4) is 5.75 Å². The van der Waals surface area contributed by atoms with E-state index in [2.05, 4.69) is 9.64 Å². The summed E-state index contributed by atoms with van der Waals surface area (Å²) in [6.45, 7) is 4.44. The molecule has 0 spiro atoms. The van der Waals surface area contributed by atoms with E-state index in [1.54, 1.807) is 11.5 Å². The van der Waals surface area contributed by atoms with Crippen LogP contribution in [0.5, 0.6) is 5.75 Å². The molecule has 1 aromatic heterocycles. The quantitative estimate of drug-likeness (QED) is 0.355. The number of hydrogen-bond acceptors (Lipinski definition) is 12. The molecule has 6 atom stereocenters. The lowest BCUT2D eigenvalue weighted by Gasteiger charge is -2.38. The number of aromatic nitrogens is 1. The van der Waals surface area contributed by atoms with E-state index in [1.165, 1.54) is 6.20 Å². The number of pyridine rings is 1. The van der Waals surface area contributed by atoms with Gasteiger partial charge < -0.3 is 49.0 Å². The predicted molar refractivity (Wildman–Crippen MR) is 129 cm³/mol. The number of esters is 1. The third-order valence-electron chi connectivity index (χ3n) is 7.15. The fourth-order valence-electron chi connectivity index (χ4n) is 4.96. The molecule has 3 aliphatic heterocycles. The van der Waals surface area contributed by atoms with Crippen LogP contribution in [0.2, 0.25) is 0 Å². The summed E-state index contributed by atoms with van der Waals surface area (Å²) in [6.07, 6.45) is -10.6. The molecule has 0 saturated carbocycles. The lowest BCUT2D eigenvalue weighted by atomic mass is 10.0. The standard InChI is InChI=1S/C24H28FN3O11/c1-10-9-36-20-14-11(7-13(25)15(20)27-5-3-26(2)4-6-27)16(29)12(8-28(10)14)21(33)37-22-18(31)17(30)19(32)23(38-22)39-24(34)35/h7-8,10,17-19,22-23,30-32H,3-6,9H2,1-2H3,(H,34,35)/t10-,17+,18+,19-,22+,23+/m0/s1. The van der Waals surface area contributed by atoms with Gasteiger partial charge in [-0.3, -0.25) is 9.53 Å². The largest absolute Gasteiger partial charge is 0.508 e. The smallest absolute Gasteiger partial charge is 0.487 e. The van der Waals surface area contributed by atoms with Crippen LogP contribution in [-0.2, 0) is 14.2 Å². The number of aliphatic hydroxyl groups is 3. The van der Waals surface area contributed by atoms with Crippen LogP contribution < -0.4 is 15.1 Å². The summed E-state index contributed by atoms with van der Waals surface area (Å²) in [5.41, 5.74) is -0.853. The molecule has 0 unspecified atom stereocenters. The molecular weight excluding hydrogens is 525 g/mol. The number of hydrogen-bond donors (Lipinski definition) is 4. The number of nitrogens with zero attached hydrogens (tertiary/aromatic N) is 3. The number of benzene rings is 1. The fraction of sp³-hybridized carbons (Fsp3) is 0.542. The van der Waals surface area contributed by atoms with Crippen molar-refractivity contribution < 1.29 is 53.4 Å². The highest BCUT2D eigenvalue weighted by atomic mass is 19.1. The average molecular weight is 553 g/mol. The van der Waals surface area contributed by atoms with Crippen LogP contribution in [0.4, 0.5) is 14.9 Å². The summed E-state index contributed by atoms with van der Waals surface area (Å²) in [4.78, 5) is 41.3. The number of aliphatic hydroxyl groups excluding tert-OH is 3. The van der Waals surface area contributed by atoms with Crippen LogP contribution in [0.1, 0.15) is 23.3 Å². The first-order valence-corrected chi connectivity index (χ1v) is 12.3. The zero-order valence-electron chi connectivity index (χ0n) is 21.0. The Morgan fingerprint density at radius 2 is 1.69 bits per heavy atom. The molecule has 4 N–H and O–H groups in total. The molecule has 0 radical (unpaired) electrons. The molecule has 0 amide bonds. The molecule has 14 nitrogen and oxygen atoms in total. The van der Waals surface area contributed by atoms with E-state index in [1.807, 2.05) is 11.9 Å². The Hall–Kier alpha value is -3.50. The topological polar surface area (TPSA) is 180 Å². The zero-order valence-corrected chi connectivity index (χ0v) is 21.0. The summed E-state index contributed by atoms with van der Waals surface area (Å²) in [5, 5.41) is 38.8. The molecule has 0 aliphatic carbocycles. The molecule has 3 aliphatic rings. The Morgan fingerprint density at radius 1 is 1.05 bits per heavy atom. The summed E-state index contributed by atoms with van der Waals surface area (Å²) in [6, 6.07) is 0.687. The van der Waals surface area contributed by atoms with Gasteiger partial charge in [-0.2, -0.15) is 0 Å². The van der Waals surface area contributed by atoms with Gasteiger partial charge in [-0.1, -0.05) is 0 Å². The number of anilines is 1. The summed E-state index contributed by atoms with van der Waals surface area (Å²) >= 11 is 0. The lowest BCUT2D eigenvalue weighted by Crippen LogP contribution is -2.59. The molecule has 2 aromatic rings. The molecule has 5 rings (SSSR count). The summed E-state index contributed by atoms with van der Waals surface area (Å²) < 4.78 is 37.5. The molecule has 212 valence electrons. The molecule has 2 fully saturated rings. The van der Waals surface area contributed by atoms with E-state index in [0.29, 0.717) is 31.7 Å². The first-order chi connectivity index (χ1) is 18.5. The van der Waals surface area contributed by atoms with Gasteiger partial charge in [0.25, 0.3) is 0 Å². The second-order valence-electron chi connectivity index (χ2n) is 9.80. The Bertz CT molecular complexity index is 1360. The van der Waals surface area contributed by atoms with Gasteiger partial charge in [-0.15, -0.1) is 0 Å². The Balaban J connectivity index is 1.52. The van der Waals surface area contributed by atoms with Crippen LogP contribution >= 0.6 is 0 Å². The van der Waals surface area contributed by atoms with E-state index in [-0.39, 0.29) is 29.5 Å². The monoisotopic (exact) mass is 553 g/mol. The van der Waals surface area contributed by atoms with Crippen molar-refractivity contribution in [1.82, 2.24) is 9.47 Å². The van der Waals surface area contributed by atoms with Gasteiger partial charge in [-0.25, -0.2) is 14.0 Å². The van der Waals surface area contributed by atoms with E-state index < -0.39 is 59.8 Å². The average Bonchev–Trinajstić information content (AvgIpc) is 2.89. The van der Waals surface area contributed by atoms with Crippen molar-refractivity contribution in [2.45, 2.75) is 43.9 Å². The zero-order chi connectivity index (χ0) is 28.2. The Labute approximate surface area is 220 Å². The number of piperazine rings is 1. The van der Waals surface area contributed by atoms with Crippen LogP contribution in [-0.4, -0.2) is 113 Å². The van der Waals surface area contributed by atoms with Gasteiger partial charge >= 0.3 is 12.1 Å². The third-order valence-corrected chi connectivity index (χ3v) is 7.15. The van der Waals surface area contributed by atoms with Crippen molar-refractivity contribution in [1.29, 1.82) is 0 Å². The number of ether oxygens (including phenoxy) is 4. The minimum atomic E-state index is -2.00. The van der Waals surface area contributed by atoms with Crippen molar-refractivity contribution in [3.63, 3.8) is 0 Å². The van der Waals surface area contributed by atoms with Crippen LogP contribution in [0, 0.1) is 5.82 Å². The van der Waals surface area contributed by atoms with Crippen molar-refractivity contribution >= 4 is 28.7 Å². The number of halogens is 1. The summed E-state index contributed by atoms with van der Waals surface area (Å²) in [5.74, 6) is -1.79. The molecule has 0 bridgehead atoms. The van der Waals surface area contributed by atoms with Gasteiger partial charge in [0.1, 0.15) is 36.2 Å². The third kappa shape index (κ3) is 4.76. The molecular formula is C24H28FN3O11. The van der Waals surface area contributed by atoms with E-state index in [4.69, 9.17) is 19.3 Å². The first kappa shape index (κ1) is 27.1. The first-order valence-electron chi connectivity index (χ1n) is 12.3. The molecule has 4 heterocycles. The maximum atomic E-state index is 15.5. The Morgan fingerprint density at radius 3 is 2.33 bits per heavy atom. The predicted octanol–water partition coefficient (Wildman–Crippen LogP) is -0.538. The van der Waals surface area contributed by atoms with Crippen LogP contribution in [0.15, 0.2) is 17.1 Å². The normalized spacial score (nSPS) is 29.1. The molecule has 1 aromatic carbocycles. The maximum absolute atomic E-state index is 15.5. The van der Waals surface area contributed by atoms with Gasteiger partial charge in [0, 0.05) is 32.4 Å². The van der Waals surface area contributed by atoms with E-state index >= 15 is 4.39 Å². The van der Waals surface area contributed by atoms with Gasteiger partial charge in [-0.05, 0) is 20.0 Å².